The van der Waals surface area contributed by atoms with Gasteiger partial charge in [-0.15, -0.1) is 0 Å². The molecule has 0 aromatic carbocycles. The molecule has 0 aromatic heterocycles. The molecule has 0 aromatic rings. The topological polar surface area (TPSA) is 87.2 Å². The molecule has 0 saturated carbocycles. The van der Waals surface area contributed by atoms with Crippen LogP contribution in [0.5, 0.6) is 0 Å². The van der Waals surface area contributed by atoms with E-state index in [-0.39, 0.29) is 13.1 Å². The summed E-state index contributed by atoms with van der Waals surface area (Å²) in [5.74, 6) is -1.05. The Bertz CT molecular complexity index is 425. The lowest BCUT2D eigenvalue weighted by Gasteiger charge is -2.47. The molecular formula is C12H24N2O5S. The van der Waals surface area contributed by atoms with Crippen molar-refractivity contribution < 1.29 is 23.1 Å². The minimum Gasteiger partial charge on any atom is -0.480 e. The van der Waals surface area contributed by atoms with Crippen LogP contribution in [0.4, 0.5) is 0 Å². The molecule has 1 saturated heterocycles. The van der Waals surface area contributed by atoms with Gasteiger partial charge in [-0.25, -0.2) is 4.79 Å². The first-order valence-electron chi connectivity index (χ1n) is 6.86. The van der Waals surface area contributed by atoms with Gasteiger partial charge < -0.3 is 9.84 Å². The van der Waals surface area contributed by atoms with Crippen molar-refractivity contribution >= 4 is 16.2 Å². The predicted molar refractivity (Wildman–Crippen MR) is 74.6 cm³/mol. The van der Waals surface area contributed by atoms with Gasteiger partial charge in [0.1, 0.15) is 6.61 Å². The molecule has 1 aliphatic rings. The van der Waals surface area contributed by atoms with Gasteiger partial charge >= 0.3 is 5.97 Å². The summed E-state index contributed by atoms with van der Waals surface area (Å²) in [6, 6.07) is 0. The monoisotopic (exact) mass is 308 g/mol. The third kappa shape index (κ3) is 4.15. The van der Waals surface area contributed by atoms with Crippen molar-refractivity contribution in [2.75, 3.05) is 32.8 Å². The maximum Gasteiger partial charge on any atom is 0.329 e. The highest BCUT2D eigenvalue weighted by Gasteiger charge is 2.47. The number of nitrogens with zero attached hydrogens (tertiary/aromatic N) is 2. The Balaban J connectivity index is 2.61. The Hall–Kier alpha value is -0.700. The van der Waals surface area contributed by atoms with Crippen LogP contribution in [-0.4, -0.2) is 66.5 Å². The second kappa shape index (κ2) is 6.84. The fourth-order valence-electron chi connectivity index (χ4n) is 2.19. The van der Waals surface area contributed by atoms with E-state index in [1.807, 2.05) is 13.8 Å². The van der Waals surface area contributed by atoms with Crippen molar-refractivity contribution in [2.45, 2.75) is 39.2 Å². The number of hydrogen-bond donors (Lipinski definition) is 1. The normalized spacial score (nSPS) is 19.0. The number of carboxylic acids is 1. The van der Waals surface area contributed by atoms with Crippen LogP contribution in [0.2, 0.25) is 0 Å². The summed E-state index contributed by atoms with van der Waals surface area (Å²) in [7, 11) is -3.46. The summed E-state index contributed by atoms with van der Waals surface area (Å²) >= 11 is 0. The summed E-state index contributed by atoms with van der Waals surface area (Å²) in [4.78, 5) is 10.5. The summed E-state index contributed by atoms with van der Waals surface area (Å²) in [6.45, 7) is 6.60. The van der Waals surface area contributed by atoms with Crippen LogP contribution >= 0.6 is 0 Å². The zero-order chi connectivity index (χ0) is 15.4. The van der Waals surface area contributed by atoms with Crippen molar-refractivity contribution in [3.8, 4) is 0 Å². The zero-order valence-electron chi connectivity index (χ0n) is 12.3. The number of rotatable bonds is 9. The second-order valence-corrected chi connectivity index (χ2v) is 7.24. The highest BCUT2D eigenvalue weighted by atomic mass is 32.2. The van der Waals surface area contributed by atoms with E-state index in [9.17, 15) is 13.2 Å². The Morgan fingerprint density at radius 1 is 1.30 bits per heavy atom. The summed E-state index contributed by atoms with van der Waals surface area (Å²) in [5, 5.41) is 8.59. The zero-order valence-corrected chi connectivity index (χ0v) is 13.1. The van der Waals surface area contributed by atoms with Crippen molar-refractivity contribution in [2.24, 2.45) is 0 Å². The molecule has 1 fully saturated rings. The standard InChI is InChI=1S/C12H24N2O5S/c1-4-6-13(7-5-2)20(17,18)14-9-12(3,10-14)19-8-11(15)16/h4-10H2,1-3H3,(H,15,16). The molecule has 0 atom stereocenters. The van der Waals surface area contributed by atoms with Crippen molar-refractivity contribution in [3.63, 3.8) is 0 Å². The predicted octanol–water partition coefficient (Wildman–Crippen LogP) is 0.529. The minimum absolute atomic E-state index is 0.201. The van der Waals surface area contributed by atoms with Crippen molar-refractivity contribution in [1.82, 2.24) is 8.61 Å². The quantitative estimate of drug-likeness (QED) is 0.671. The average molecular weight is 308 g/mol. The van der Waals surface area contributed by atoms with E-state index in [1.54, 1.807) is 6.92 Å². The number of ether oxygens (including phenoxy) is 1. The van der Waals surface area contributed by atoms with E-state index in [4.69, 9.17) is 9.84 Å². The van der Waals surface area contributed by atoms with Crippen LogP contribution in [0.1, 0.15) is 33.6 Å². The molecule has 0 amide bonds. The molecule has 0 spiro atoms. The third-order valence-electron chi connectivity index (χ3n) is 3.16. The first-order chi connectivity index (χ1) is 9.25. The van der Waals surface area contributed by atoms with Crippen LogP contribution in [0, 0.1) is 0 Å². The van der Waals surface area contributed by atoms with Gasteiger partial charge in [-0.05, 0) is 19.8 Å². The lowest BCUT2D eigenvalue weighted by Crippen LogP contribution is -2.65. The maximum absolute atomic E-state index is 12.4. The summed E-state index contributed by atoms with van der Waals surface area (Å²) < 4.78 is 32.8. The lowest BCUT2D eigenvalue weighted by molar-refractivity contribution is -0.157. The van der Waals surface area contributed by atoms with E-state index in [1.165, 1.54) is 8.61 Å². The summed E-state index contributed by atoms with van der Waals surface area (Å²) in [5.41, 5.74) is -0.699. The molecule has 8 heteroatoms. The molecule has 20 heavy (non-hydrogen) atoms. The third-order valence-corrected chi connectivity index (χ3v) is 5.09. The van der Waals surface area contributed by atoms with Crippen LogP contribution in [0.3, 0.4) is 0 Å². The van der Waals surface area contributed by atoms with E-state index >= 15 is 0 Å². The first kappa shape index (κ1) is 17.4. The van der Waals surface area contributed by atoms with Gasteiger partial charge in [0, 0.05) is 26.2 Å². The Kier molecular flexibility index (Phi) is 5.93. The molecule has 1 aliphatic heterocycles. The Labute approximate surface area is 120 Å². The molecule has 1 N–H and O–H groups in total. The number of hydrogen-bond acceptors (Lipinski definition) is 4. The molecular weight excluding hydrogens is 284 g/mol. The smallest absolute Gasteiger partial charge is 0.329 e. The van der Waals surface area contributed by atoms with Crippen molar-refractivity contribution in [3.05, 3.63) is 0 Å². The van der Waals surface area contributed by atoms with Crippen LogP contribution < -0.4 is 0 Å². The van der Waals surface area contributed by atoms with Gasteiger partial charge in [0.15, 0.2) is 0 Å². The SMILES string of the molecule is CCCN(CCC)S(=O)(=O)N1CC(C)(OCC(=O)O)C1. The average Bonchev–Trinajstić information content (AvgIpc) is 2.32. The molecule has 1 rings (SSSR count). The Morgan fingerprint density at radius 2 is 1.80 bits per heavy atom. The van der Waals surface area contributed by atoms with E-state index < -0.39 is 28.4 Å². The Morgan fingerprint density at radius 3 is 2.20 bits per heavy atom. The van der Waals surface area contributed by atoms with E-state index in [2.05, 4.69) is 0 Å². The van der Waals surface area contributed by atoms with Crippen LogP contribution in [-0.2, 0) is 19.7 Å². The van der Waals surface area contributed by atoms with Crippen molar-refractivity contribution in [1.29, 1.82) is 0 Å². The molecule has 118 valence electrons. The largest absolute Gasteiger partial charge is 0.480 e. The fraction of sp³-hybridized carbons (Fsp3) is 0.917. The van der Waals surface area contributed by atoms with Gasteiger partial charge in [0.25, 0.3) is 10.2 Å². The minimum atomic E-state index is -3.46. The van der Waals surface area contributed by atoms with Crippen LogP contribution in [0.15, 0.2) is 0 Å². The molecule has 0 radical (unpaired) electrons. The molecule has 0 bridgehead atoms. The van der Waals surface area contributed by atoms with Crippen LogP contribution in [0.25, 0.3) is 0 Å². The van der Waals surface area contributed by atoms with Gasteiger partial charge in [-0.3, -0.25) is 0 Å². The van der Waals surface area contributed by atoms with Gasteiger partial charge in [0.2, 0.25) is 0 Å². The molecule has 7 nitrogen and oxygen atoms in total. The molecule has 0 aliphatic carbocycles. The van der Waals surface area contributed by atoms with E-state index in [0.717, 1.165) is 12.8 Å². The van der Waals surface area contributed by atoms with E-state index in [0.29, 0.717) is 13.1 Å². The van der Waals surface area contributed by atoms with Gasteiger partial charge in [-0.1, -0.05) is 13.8 Å². The first-order valence-corrected chi connectivity index (χ1v) is 8.26. The number of carboxylic acid groups (broad SMARTS) is 1. The number of carbonyl (C=O) groups is 1. The maximum atomic E-state index is 12.4. The highest BCUT2D eigenvalue weighted by Crippen LogP contribution is 2.29. The molecule has 1 heterocycles. The molecule has 0 unspecified atom stereocenters. The second-order valence-electron chi connectivity index (χ2n) is 5.31. The van der Waals surface area contributed by atoms with Gasteiger partial charge in [0.05, 0.1) is 5.60 Å². The number of aliphatic carboxylic acids is 1. The summed E-state index contributed by atoms with van der Waals surface area (Å²) in [6.07, 6.45) is 1.53. The lowest BCUT2D eigenvalue weighted by atomic mass is 10.0. The fourth-order valence-corrected chi connectivity index (χ4v) is 4.22. The highest BCUT2D eigenvalue weighted by molar-refractivity contribution is 7.86. The van der Waals surface area contributed by atoms with Gasteiger partial charge in [-0.2, -0.15) is 17.0 Å².